The Kier molecular flexibility index (Phi) is 11.8. The van der Waals surface area contributed by atoms with Crippen LogP contribution in [0.15, 0.2) is 42.2 Å². The Bertz CT molecular complexity index is 1800. The molecule has 0 radical (unpaired) electrons. The van der Waals surface area contributed by atoms with Gasteiger partial charge in [0.2, 0.25) is 0 Å². The van der Waals surface area contributed by atoms with Crippen molar-refractivity contribution in [3.05, 3.63) is 68.2 Å². The van der Waals surface area contributed by atoms with Gasteiger partial charge >= 0.3 is 29.6 Å². The summed E-state index contributed by atoms with van der Waals surface area (Å²) in [4.78, 5) is 3.59. The Balaban J connectivity index is 0.00000484. The van der Waals surface area contributed by atoms with Gasteiger partial charge in [-0.15, -0.1) is 0 Å². The van der Waals surface area contributed by atoms with Gasteiger partial charge in [-0.3, -0.25) is 4.55 Å². The monoisotopic (exact) mass is 705 g/mol. The first-order valence-electron chi connectivity index (χ1n) is 12.4. The van der Waals surface area contributed by atoms with E-state index in [0.717, 1.165) is 0 Å². The molecule has 2 aromatic carbocycles. The number of imidazole rings is 1. The van der Waals surface area contributed by atoms with Crippen LogP contribution < -0.4 is 43.9 Å². The second kappa shape index (κ2) is 13.9. The normalized spacial score (nSPS) is 14.8. The number of hydrogen-bond acceptors (Lipinski definition) is 7. The Morgan fingerprint density at radius 3 is 2.00 bits per heavy atom. The minimum Gasteiger partial charge on any atom is -0.748 e. The summed E-state index contributed by atoms with van der Waals surface area (Å²) in [7, 11) is -8.78. The van der Waals surface area contributed by atoms with Gasteiger partial charge in [-0.2, -0.15) is 8.42 Å². The van der Waals surface area contributed by atoms with E-state index in [-0.39, 0.29) is 52.7 Å². The molecule has 1 aliphatic rings. The number of halogens is 4. The van der Waals surface area contributed by atoms with Crippen molar-refractivity contribution in [1.29, 1.82) is 0 Å². The molecule has 1 aliphatic heterocycles. The minimum atomic E-state index is -4.51. The van der Waals surface area contributed by atoms with Gasteiger partial charge < -0.3 is 14.4 Å². The van der Waals surface area contributed by atoms with Crippen LogP contribution in [0.5, 0.6) is 0 Å². The molecule has 0 unspecified atom stereocenters. The number of aryl methyl sites for hydroxylation is 2. The Morgan fingerprint density at radius 1 is 0.881 bits per heavy atom. The molecule has 222 valence electrons. The van der Waals surface area contributed by atoms with Crippen molar-refractivity contribution >= 4 is 95.1 Å². The van der Waals surface area contributed by atoms with Gasteiger partial charge in [0, 0.05) is 31.3 Å². The van der Waals surface area contributed by atoms with Crippen LogP contribution in [-0.2, 0) is 33.3 Å². The fourth-order valence-electron chi connectivity index (χ4n) is 4.83. The quantitative estimate of drug-likeness (QED) is 0.193. The molecular weight excluding hydrogens is 681 g/mol. The molecule has 0 atom stereocenters. The van der Waals surface area contributed by atoms with Crippen molar-refractivity contribution in [2.45, 2.75) is 26.9 Å². The van der Waals surface area contributed by atoms with Crippen LogP contribution in [0.3, 0.4) is 0 Å². The number of hydrogen-bond donors (Lipinski definition) is 1. The summed E-state index contributed by atoms with van der Waals surface area (Å²) in [6.07, 6.45) is 5.22. The SMILES string of the molecule is CCN1C(=CC=Cc2n(CC)c3cc(Cl)c(Cl)cc3[n+]2CCS(=O)(=O)O)N(CCS(=O)(=O)[O-])c2cc(Cl)c(Cl)cc21.[Na+]. The second-order valence-corrected chi connectivity index (χ2v) is 13.8. The molecule has 0 bridgehead atoms. The van der Waals surface area contributed by atoms with Crippen LogP contribution in [0, 0.1) is 0 Å². The summed E-state index contributed by atoms with van der Waals surface area (Å²) in [5.74, 6) is 0.0164. The topological polar surface area (TPSA) is 127 Å². The van der Waals surface area contributed by atoms with Gasteiger partial charge in [0.25, 0.3) is 15.9 Å². The van der Waals surface area contributed by atoms with Crippen LogP contribution in [0.1, 0.15) is 19.7 Å². The van der Waals surface area contributed by atoms with Gasteiger partial charge in [0.1, 0.15) is 18.1 Å². The predicted octanol–water partition coefficient (Wildman–Crippen LogP) is 2.20. The van der Waals surface area contributed by atoms with Crippen LogP contribution in [0.25, 0.3) is 17.1 Å². The average molecular weight is 707 g/mol. The summed E-state index contributed by atoms with van der Waals surface area (Å²) >= 11 is 25.1. The third kappa shape index (κ3) is 7.78. The summed E-state index contributed by atoms with van der Waals surface area (Å²) in [5.41, 5.74) is 2.62. The molecule has 0 amide bonds. The van der Waals surface area contributed by atoms with Crippen LogP contribution in [0.2, 0.25) is 20.1 Å². The Hall–Kier alpha value is -1.03. The number of nitrogens with zero attached hydrogens (tertiary/aromatic N) is 4. The molecule has 4 rings (SSSR count). The molecule has 10 nitrogen and oxygen atoms in total. The van der Waals surface area contributed by atoms with Crippen LogP contribution >= 0.6 is 46.4 Å². The maximum Gasteiger partial charge on any atom is 1.00 e. The summed E-state index contributed by atoms with van der Waals surface area (Å²) in [6, 6.07) is 6.62. The van der Waals surface area contributed by atoms with E-state index >= 15 is 0 Å². The van der Waals surface area contributed by atoms with Gasteiger partial charge in [-0.05, 0) is 32.1 Å². The number of fused-ring (bicyclic) bond motifs is 2. The number of allylic oxidation sites excluding steroid dienone is 2. The molecule has 1 aromatic heterocycles. The smallest absolute Gasteiger partial charge is 0.748 e. The molecular formula is C25H26Cl4N4NaO6S2+. The molecule has 0 saturated carbocycles. The second-order valence-electron chi connectivity index (χ2n) is 9.09. The van der Waals surface area contributed by atoms with Crippen molar-refractivity contribution in [2.75, 3.05) is 34.4 Å². The molecule has 17 heteroatoms. The van der Waals surface area contributed by atoms with E-state index in [1.54, 1.807) is 52.0 Å². The largest absolute Gasteiger partial charge is 1.00 e. The van der Waals surface area contributed by atoms with E-state index in [4.69, 9.17) is 46.4 Å². The van der Waals surface area contributed by atoms with E-state index < -0.39 is 31.7 Å². The average Bonchev–Trinajstić information content (AvgIpc) is 3.31. The van der Waals surface area contributed by atoms with Crippen molar-refractivity contribution in [3.63, 3.8) is 0 Å². The molecule has 0 spiro atoms. The molecule has 1 N–H and O–H groups in total. The van der Waals surface area contributed by atoms with E-state index in [0.29, 0.717) is 57.2 Å². The van der Waals surface area contributed by atoms with Gasteiger partial charge in [-0.1, -0.05) is 52.5 Å². The third-order valence-corrected chi connectivity index (χ3v) is 9.39. The van der Waals surface area contributed by atoms with Gasteiger partial charge in [-0.25, -0.2) is 17.6 Å². The van der Waals surface area contributed by atoms with E-state index in [1.165, 1.54) is 0 Å². The Labute approximate surface area is 286 Å². The predicted molar refractivity (Wildman–Crippen MR) is 163 cm³/mol. The van der Waals surface area contributed by atoms with Gasteiger partial charge in [0.05, 0.1) is 53.9 Å². The zero-order chi connectivity index (χ0) is 30.3. The van der Waals surface area contributed by atoms with Crippen molar-refractivity contribution in [2.24, 2.45) is 0 Å². The maximum absolute atomic E-state index is 11.6. The summed E-state index contributed by atoms with van der Waals surface area (Å²) in [5, 5.41) is 1.21. The number of rotatable bonds is 10. The van der Waals surface area contributed by atoms with E-state index in [1.807, 2.05) is 23.3 Å². The first-order valence-corrected chi connectivity index (χ1v) is 17.1. The molecule has 0 aliphatic carbocycles. The standard InChI is InChI=1S/C25H26Cl4N4O6S2.Na/c1-3-30-20-12-16(26)18(28)14-22(20)32(8-10-40(34,35)36)24(30)6-5-7-25-31(4-2)21-13-17(27)19(29)15-23(21)33(25)9-11-41(37,38)39;/h5-7,12-15H,3-4,8-11H2,1-2H3,(H-,34,35,36,37,38,39);/q;+1. The first-order chi connectivity index (χ1) is 19.1. The van der Waals surface area contributed by atoms with Crippen molar-refractivity contribution < 1.29 is 60.1 Å². The number of benzene rings is 2. The molecule has 2 heterocycles. The first kappa shape index (κ1) is 35.4. The fraction of sp³-hybridized carbons (Fsp3) is 0.320. The minimum absolute atomic E-state index is 0. The van der Waals surface area contributed by atoms with Crippen LogP contribution in [0.4, 0.5) is 11.4 Å². The maximum atomic E-state index is 11.6. The number of aromatic nitrogens is 2. The molecule has 42 heavy (non-hydrogen) atoms. The molecule has 3 aromatic rings. The van der Waals surface area contributed by atoms with Crippen molar-refractivity contribution in [3.8, 4) is 0 Å². The summed E-state index contributed by atoms with van der Waals surface area (Å²) in [6.45, 7) is 4.63. The van der Waals surface area contributed by atoms with E-state index in [9.17, 15) is 25.9 Å². The molecule has 0 fully saturated rings. The van der Waals surface area contributed by atoms with Crippen molar-refractivity contribution in [1.82, 2.24) is 4.57 Å². The molecule has 0 saturated heterocycles. The zero-order valence-electron chi connectivity index (χ0n) is 22.9. The Morgan fingerprint density at radius 2 is 1.45 bits per heavy atom. The fourth-order valence-corrected chi connectivity index (χ4v) is 6.28. The van der Waals surface area contributed by atoms with Crippen LogP contribution in [-0.4, -0.2) is 55.1 Å². The third-order valence-electron chi connectivity index (χ3n) is 6.57. The summed E-state index contributed by atoms with van der Waals surface area (Å²) < 4.78 is 70.7. The zero-order valence-corrected chi connectivity index (χ0v) is 29.5. The van der Waals surface area contributed by atoms with Gasteiger partial charge in [0.15, 0.2) is 11.0 Å². The number of anilines is 2. The van der Waals surface area contributed by atoms with E-state index in [2.05, 4.69) is 0 Å².